The lowest BCUT2D eigenvalue weighted by Gasteiger charge is -2.15. The van der Waals surface area contributed by atoms with E-state index < -0.39 is 12.4 Å². The summed E-state index contributed by atoms with van der Waals surface area (Å²) >= 11 is 2.14. The highest BCUT2D eigenvalue weighted by atomic mass is 127. The average Bonchev–Trinajstić information content (AvgIpc) is 3.45. The van der Waals surface area contributed by atoms with Crippen molar-refractivity contribution >= 4 is 39.7 Å². The summed E-state index contributed by atoms with van der Waals surface area (Å²) in [6, 6.07) is 8.55. The third-order valence-electron chi connectivity index (χ3n) is 6.17. The van der Waals surface area contributed by atoms with Crippen LogP contribution in [0.2, 0.25) is 0 Å². The molecule has 0 radical (unpaired) electrons. The Morgan fingerprint density at radius 3 is 2.28 bits per heavy atom. The molecule has 0 atom stereocenters. The summed E-state index contributed by atoms with van der Waals surface area (Å²) < 4.78 is 61.0. The van der Waals surface area contributed by atoms with Crippen molar-refractivity contribution in [2.45, 2.75) is 40.2 Å². The first-order chi connectivity index (χ1) is 18.2. The smallest absolute Gasteiger partial charge is 0.387 e. The van der Waals surface area contributed by atoms with E-state index in [2.05, 4.69) is 37.3 Å². The van der Waals surface area contributed by atoms with Crippen molar-refractivity contribution in [2.75, 3.05) is 0 Å². The van der Waals surface area contributed by atoms with Crippen LogP contribution in [0.5, 0.6) is 5.75 Å². The number of carbonyl (C=O) groups is 1. The highest BCUT2D eigenvalue weighted by molar-refractivity contribution is 14.1. The van der Waals surface area contributed by atoms with Crippen molar-refractivity contribution in [1.29, 1.82) is 0 Å². The first kappa shape index (κ1) is 28.5. The molecular weight excluding hydrogens is 627 g/mol. The van der Waals surface area contributed by atoms with E-state index in [1.165, 1.54) is 42.7 Å². The van der Waals surface area contributed by atoms with Crippen molar-refractivity contribution < 1.29 is 27.1 Å². The van der Waals surface area contributed by atoms with E-state index in [4.69, 9.17) is 0 Å². The Morgan fingerprint density at radius 1 is 1.03 bits per heavy atom. The molecule has 0 unspecified atom stereocenters. The van der Waals surface area contributed by atoms with E-state index in [-0.39, 0.29) is 30.3 Å². The molecule has 1 aliphatic carbocycles. The van der Waals surface area contributed by atoms with Crippen LogP contribution in [0, 0.1) is 28.2 Å². The van der Waals surface area contributed by atoms with Crippen molar-refractivity contribution in [3.63, 3.8) is 0 Å². The number of pyridine rings is 2. The second-order valence-electron chi connectivity index (χ2n) is 8.99. The summed E-state index contributed by atoms with van der Waals surface area (Å²) in [4.78, 5) is 20.7. The number of alkyl halides is 2. The maximum atomic E-state index is 13.4. The quantitative estimate of drug-likeness (QED) is 0.107. The number of aromatic nitrogens is 4. The van der Waals surface area contributed by atoms with Gasteiger partial charge >= 0.3 is 6.61 Å². The average molecular weight is 652 g/mol. The lowest BCUT2D eigenvalue weighted by Crippen LogP contribution is -2.11. The molecular formula is C28H25F4IN4O2. The zero-order valence-electron chi connectivity index (χ0n) is 20.0. The summed E-state index contributed by atoms with van der Waals surface area (Å²) in [5.74, 6) is -0.650. The second kappa shape index (κ2) is 11.7. The van der Waals surface area contributed by atoms with Crippen molar-refractivity contribution in [3.05, 3.63) is 87.6 Å². The van der Waals surface area contributed by atoms with Crippen LogP contribution in [0.25, 0.3) is 22.6 Å². The summed E-state index contributed by atoms with van der Waals surface area (Å²) in [5.41, 5.74) is 2.96. The third kappa shape index (κ3) is 6.40. The van der Waals surface area contributed by atoms with Gasteiger partial charge in [0.25, 0.3) is 0 Å². The third-order valence-corrected chi connectivity index (χ3v) is 6.96. The van der Waals surface area contributed by atoms with Crippen LogP contribution in [-0.4, -0.2) is 31.2 Å². The molecule has 1 fully saturated rings. The standard InChI is InChI=1S/C20H17F3N2O2.C7H4FIN2.CH4/c1-11-6-13(15-10-24-18-9-14(21)4-5-25(15)18)8-17(27-20(22)23)19(11)16(26)7-12-2-3-12;8-5-1-2-11-6(9)4-10-7(11)3-5;/h4-6,8-10,12,20H,2-3,7H2,1H3;1-4H;1H4. The van der Waals surface area contributed by atoms with E-state index in [1.54, 1.807) is 29.8 Å². The molecule has 0 aliphatic heterocycles. The number of hydrogen-bond donors (Lipinski definition) is 0. The van der Waals surface area contributed by atoms with Gasteiger partial charge < -0.3 is 4.74 Å². The summed E-state index contributed by atoms with van der Waals surface area (Å²) in [6.45, 7) is -1.34. The number of nitrogens with zero attached hydrogens (tertiary/aromatic N) is 4. The minimum absolute atomic E-state index is 0. The van der Waals surface area contributed by atoms with Crippen molar-refractivity contribution in [1.82, 2.24) is 18.8 Å². The molecule has 0 bridgehead atoms. The topological polar surface area (TPSA) is 60.9 Å². The highest BCUT2D eigenvalue weighted by Crippen LogP contribution is 2.37. The van der Waals surface area contributed by atoms with Gasteiger partial charge in [0.05, 0.1) is 23.7 Å². The van der Waals surface area contributed by atoms with Crippen LogP contribution >= 0.6 is 22.6 Å². The van der Waals surface area contributed by atoms with Gasteiger partial charge in [-0.25, -0.2) is 18.7 Å². The number of fused-ring (bicyclic) bond motifs is 2. The predicted molar refractivity (Wildman–Crippen MR) is 148 cm³/mol. The highest BCUT2D eigenvalue weighted by Gasteiger charge is 2.28. The number of hydrogen-bond acceptors (Lipinski definition) is 4. The number of rotatable bonds is 6. The van der Waals surface area contributed by atoms with Gasteiger partial charge in [0.1, 0.15) is 32.4 Å². The second-order valence-corrected chi connectivity index (χ2v) is 10.1. The maximum absolute atomic E-state index is 13.4. The molecule has 1 aliphatic rings. The molecule has 11 heteroatoms. The van der Waals surface area contributed by atoms with Gasteiger partial charge in [-0.05, 0) is 78.1 Å². The Morgan fingerprint density at radius 2 is 1.64 bits per heavy atom. The molecule has 6 nitrogen and oxygen atoms in total. The fraction of sp³-hybridized carbons (Fsp3) is 0.250. The first-order valence-corrected chi connectivity index (χ1v) is 12.8. The molecule has 0 saturated heterocycles. The molecule has 1 saturated carbocycles. The van der Waals surface area contributed by atoms with E-state index in [0.717, 1.165) is 16.5 Å². The first-order valence-electron chi connectivity index (χ1n) is 11.7. The number of carbonyl (C=O) groups excluding carboxylic acids is 1. The number of Topliss-reactive ketones (excluding diaryl/α,β-unsaturated/α-hetero) is 1. The molecule has 4 aromatic heterocycles. The van der Waals surface area contributed by atoms with E-state index in [1.807, 2.05) is 4.40 Å². The fourth-order valence-corrected chi connectivity index (χ4v) is 4.78. The minimum atomic E-state index is -3.04. The van der Waals surface area contributed by atoms with Crippen LogP contribution in [0.4, 0.5) is 17.6 Å². The molecule has 39 heavy (non-hydrogen) atoms. The number of imidazole rings is 2. The Hall–Kier alpha value is -3.48. The van der Waals surface area contributed by atoms with Crippen LogP contribution in [0.15, 0.2) is 61.2 Å². The predicted octanol–water partition coefficient (Wildman–Crippen LogP) is 7.75. The number of halogens is 5. The monoisotopic (exact) mass is 652 g/mol. The van der Waals surface area contributed by atoms with E-state index in [0.29, 0.717) is 40.5 Å². The Labute approximate surface area is 235 Å². The van der Waals surface area contributed by atoms with Gasteiger partial charge in [0, 0.05) is 36.5 Å². The number of ether oxygens (including phenoxy) is 1. The number of aryl methyl sites for hydroxylation is 1. The molecule has 5 aromatic rings. The zero-order chi connectivity index (χ0) is 27.0. The maximum Gasteiger partial charge on any atom is 0.387 e. The lowest BCUT2D eigenvalue weighted by molar-refractivity contribution is -0.0501. The Balaban J connectivity index is 0.000000246. The normalized spacial score (nSPS) is 12.8. The van der Waals surface area contributed by atoms with Crippen molar-refractivity contribution in [3.8, 4) is 17.0 Å². The summed E-state index contributed by atoms with van der Waals surface area (Å²) in [6.07, 6.45) is 8.74. The largest absolute Gasteiger partial charge is 0.434 e. The molecule has 0 spiro atoms. The summed E-state index contributed by atoms with van der Waals surface area (Å²) in [7, 11) is 0. The van der Waals surface area contributed by atoms with Crippen molar-refractivity contribution in [2.24, 2.45) is 5.92 Å². The SMILES string of the molecule is C.Cc1cc(-c2cnc3cc(F)ccn23)cc(OC(F)F)c1C(=O)CC1CC1.Fc1ccn2c(I)cnc2c1. The van der Waals surface area contributed by atoms with Gasteiger partial charge in [0.15, 0.2) is 5.78 Å². The molecule has 1 aromatic carbocycles. The fourth-order valence-electron chi connectivity index (χ4n) is 4.23. The lowest BCUT2D eigenvalue weighted by atomic mass is 9.96. The van der Waals surface area contributed by atoms with Crippen LogP contribution in [0.1, 0.15) is 42.6 Å². The zero-order valence-corrected chi connectivity index (χ0v) is 22.2. The summed E-state index contributed by atoms with van der Waals surface area (Å²) in [5, 5.41) is 0. The molecule has 0 amide bonds. The van der Waals surface area contributed by atoms with Crippen LogP contribution < -0.4 is 4.74 Å². The molecule has 6 rings (SSSR count). The van der Waals surface area contributed by atoms with Gasteiger partial charge in [-0.1, -0.05) is 7.43 Å². The van der Waals surface area contributed by atoms with E-state index in [9.17, 15) is 22.4 Å². The van der Waals surface area contributed by atoms with Gasteiger partial charge in [-0.3, -0.25) is 13.6 Å². The van der Waals surface area contributed by atoms with Crippen LogP contribution in [0.3, 0.4) is 0 Å². The van der Waals surface area contributed by atoms with Gasteiger partial charge in [-0.15, -0.1) is 0 Å². The Bertz CT molecular complexity index is 1650. The number of ketones is 1. The number of benzene rings is 1. The molecule has 0 N–H and O–H groups in total. The van der Waals surface area contributed by atoms with Gasteiger partial charge in [-0.2, -0.15) is 8.78 Å². The minimum Gasteiger partial charge on any atom is -0.434 e. The van der Waals surface area contributed by atoms with Crippen LogP contribution in [-0.2, 0) is 0 Å². The Kier molecular flexibility index (Phi) is 8.57. The molecule has 4 heterocycles. The van der Waals surface area contributed by atoms with E-state index >= 15 is 0 Å². The van der Waals surface area contributed by atoms with Gasteiger partial charge in [0.2, 0.25) is 0 Å². The molecule has 204 valence electrons.